The highest BCUT2D eigenvalue weighted by molar-refractivity contribution is 7.83. The maximum atomic E-state index is 5.13. The third kappa shape index (κ3) is 8.72. The van der Waals surface area contributed by atoms with Crippen LogP contribution in [0.5, 0.6) is 0 Å². The Balaban J connectivity index is 1.16. The molecule has 65 heavy (non-hydrogen) atoms. The maximum absolute atomic E-state index is 5.13. The molecular weight excluding hydrogens is 815 g/mol. The Morgan fingerprint density at radius 2 is 1.00 bits per heavy atom. The zero-order valence-corrected chi connectivity index (χ0v) is 39.9. The molecule has 1 unspecified atom stereocenters. The van der Waals surface area contributed by atoms with Crippen molar-refractivity contribution in [1.29, 1.82) is 0 Å². The van der Waals surface area contributed by atoms with Gasteiger partial charge in [-0.25, -0.2) is 9.40 Å². The molecule has 8 heteroatoms. The lowest BCUT2D eigenvalue weighted by molar-refractivity contribution is 0.402. The maximum Gasteiger partial charge on any atom is 0.120 e. The van der Waals surface area contributed by atoms with Crippen LogP contribution in [-0.4, -0.2) is 15.0 Å². The average Bonchev–Trinajstić information content (AvgIpc) is 3.98. The molecule has 1 atom stereocenters. The highest BCUT2D eigenvalue weighted by Gasteiger charge is 2.29. The fourth-order valence-electron chi connectivity index (χ4n) is 9.08. The molecule has 0 radical (unpaired) electrons. The zero-order chi connectivity index (χ0) is 45.3. The van der Waals surface area contributed by atoms with Crippen LogP contribution < -0.4 is 14.5 Å². The molecule has 0 amide bonds. The van der Waals surface area contributed by atoms with Gasteiger partial charge < -0.3 is 14.5 Å². The fourth-order valence-corrected chi connectivity index (χ4v) is 9.74. The molecule has 7 nitrogen and oxygen atoms in total. The summed E-state index contributed by atoms with van der Waals surface area (Å²) in [5, 5.41) is 10.1. The SMILES string of the molecule is CCCCC(CC)n1nnc2c(-c3ccc(N(c4ccccc4)c4ccc(C(C)(C)C)cc4)cc3)c3c(c(-c4ccc(N(c5ccccc5)c5ccc(C(C)(C)C)cc5)cc4)c21)N[SH+][N-]3. The van der Waals surface area contributed by atoms with E-state index in [0.717, 1.165) is 117 Å². The second-order valence-corrected chi connectivity index (χ2v) is 19.9. The summed E-state index contributed by atoms with van der Waals surface area (Å²) in [6, 6.07) is 57.3. The first kappa shape index (κ1) is 43.7. The molecule has 0 spiro atoms. The number of nitrogens with zero attached hydrogens (tertiary/aromatic N) is 6. The fraction of sp³-hybridized carbons (Fsp3) is 0.263. The monoisotopic (exact) mass is 875 g/mol. The van der Waals surface area contributed by atoms with Crippen LogP contribution in [0.15, 0.2) is 158 Å². The van der Waals surface area contributed by atoms with E-state index >= 15 is 0 Å². The molecule has 2 heterocycles. The first-order valence-corrected chi connectivity index (χ1v) is 24.0. The van der Waals surface area contributed by atoms with E-state index in [1.807, 2.05) is 0 Å². The Hall–Kier alpha value is -6.51. The number of rotatable bonds is 13. The number of anilines is 7. The van der Waals surface area contributed by atoms with Gasteiger partial charge in [0.15, 0.2) is 0 Å². The minimum Gasteiger partial charge on any atom is -0.438 e. The number of thiol groups is 1. The number of para-hydroxylation sites is 2. The van der Waals surface area contributed by atoms with Crippen molar-refractivity contribution in [1.82, 2.24) is 15.0 Å². The first-order valence-electron chi connectivity index (χ1n) is 23.2. The summed E-state index contributed by atoms with van der Waals surface area (Å²) in [5.74, 6) is 0. The Kier molecular flexibility index (Phi) is 12.2. The van der Waals surface area contributed by atoms with Crippen LogP contribution in [0.2, 0.25) is 0 Å². The van der Waals surface area contributed by atoms with Gasteiger partial charge in [0.2, 0.25) is 0 Å². The van der Waals surface area contributed by atoms with E-state index in [2.05, 4.69) is 232 Å². The average molecular weight is 876 g/mol. The smallest absolute Gasteiger partial charge is 0.120 e. The van der Waals surface area contributed by atoms with Crippen molar-refractivity contribution in [2.45, 2.75) is 97.9 Å². The van der Waals surface area contributed by atoms with Gasteiger partial charge in [0.25, 0.3) is 0 Å². The van der Waals surface area contributed by atoms with E-state index in [4.69, 9.17) is 15.0 Å². The van der Waals surface area contributed by atoms with Crippen LogP contribution in [0.3, 0.4) is 0 Å². The molecule has 330 valence electrons. The van der Waals surface area contributed by atoms with Crippen LogP contribution in [0.25, 0.3) is 38.0 Å². The van der Waals surface area contributed by atoms with Gasteiger partial charge in [-0.05, 0) is 119 Å². The molecule has 1 aliphatic rings. The van der Waals surface area contributed by atoms with Crippen LogP contribution in [0.4, 0.5) is 45.5 Å². The van der Waals surface area contributed by atoms with E-state index in [1.165, 1.54) is 11.1 Å². The molecular formula is C57H61N7S. The minimum atomic E-state index is 0.0691. The van der Waals surface area contributed by atoms with Crippen LogP contribution in [0.1, 0.15) is 98.2 Å². The van der Waals surface area contributed by atoms with Crippen LogP contribution in [-0.2, 0) is 23.0 Å². The second kappa shape index (κ2) is 18.2. The quantitative estimate of drug-likeness (QED) is 0.0923. The van der Waals surface area contributed by atoms with E-state index < -0.39 is 0 Å². The first-order chi connectivity index (χ1) is 31.4. The molecule has 0 aliphatic carbocycles. The van der Waals surface area contributed by atoms with E-state index in [-0.39, 0.29) is 16.9 Å². The van der Waals surface area contributed by atoms with Gasteiger partial charge in [-0.15, -0.1) is 5.10 Å². The minimum absolute atomic E-state index is 0.0691. The Morgan fingerprint density at radius 1 is 0.569 bits per heavy atom. The lowest BCUT2D eigenvalue weighted by atomic mass is 9.87. The molecule has 0 bridgehead atoms. The molecule has 1 N–H and O–H groups in total. The number of aromatic nitrogens is 3. The van der Waals surface area contributed by atoms with Crippen molar-refractivity contribution >= 4 is 68.7 Å². The van der Waals surface area contributed by atoms with Crippen molar-refractivity contribution in [3.05, 3.63) is 174 Å². The summed E-state index contributed by atoms with van der Waals surface area (Å²) in [6.45, 7) is 18.1. The summed E-state index contributed by atoms with van der Waals surface area (Å²) in [7, 11) is 0. The number of nitrogens with one attached hydrogen (secondary N) is 1. The Morgan fingerprint density at radius 3 is 1.43 bits per heavy atom. The van der Waals surface area contributed by atoms with Crippen molar-refractivity contribution in [3.8, 4) is 22.3 Å². The van der Waals surface area contributed by atoms with Gasteiger partial charge in [-0.3, -0.25) is 0 Å². The molecule has 1 aliphatic heterocycles. The lowest BCUT2D eigenvalue weighted by Gasteiger charge is -2.27. The molecule has 0 saturated heterocycles. The largest absolute Gasteiger partial charge is 0.438 e. The summed E-state index contributed by atoms with van der Waals surface area (Å²) in [5.41, 5.74) is 17.4. The highest BCUT2D eigenvalue weighted by atomic mass is 32.2. The van der Waals surface area contributed by atoms with Gasteiger partial charge in [0.05, 0.1) is 17.2 Å². The third-order valence-electron chi connectivity index (χ3n) is 12.8. The predicted octanol–water partition coefficient (Wildman–Crippen LogP) is 16.5. The second-order valence-electron chi connectivity index (χ2n) is 19.3. The number of benzene rings is 7. The summed E-state index contributed by atoms with van der Waals surface area (Å²) in [4.78, 5) is 4.65. The number of unbranched alkanes of at least 4 members (excludes halogenated alkanes) is 1. The van der Waals surface area contributed by atoms with Crippen LogP contribution in [0, 0.1) is 0 Å². The van der Waals surface area contributed by atoms with Gasteiger partial charge in [-0.2, -0.15) is 0 Å². The van der Waals surface area contributed by atoms with Crippen molar-refractivity contribution < 1.29 is 0 Å². The number of fused-ring (bicyclic) bond motifs is 2. The van der Waals surface area contributed by atoms with Gasteiger partial charge in [0, 0.05) is 57.4 Å². The Labute approximate surface area is 390 Å². The molecule has 7 aromatic carbocycles. The summed E-state index contributed by atoms with van der Waals surface area (Å²) < 4.78 is 11.0. The third-order valence-corrected chi connectivity index (χ3v) is 13.4. The van der Waals surface area contributed by atoms with Gasteiger partial charge >= 0.3 is 0 Å². The normalized spacial score (nSPS) is 13.0. The molecule has 9 rings (SSSR count). The van der Waals surface area contributed by atoms with E-state index in [9.17, 15) is 0 Å². The van der Waals surface area contributed by atoms with Crippen molar-refractivity contribution in [2.24, 2.45) is 0 Å². The summed E-state index contributed by atoms with van der Waals surface area (Å²) in [6.07, 6.45) is 4.24. The van der Waals surface area contributed by atoms with Gasteiger partial charge in [-0.1, -0.05) is 164 Å². The highest BCUT2D eigenvalue weighted by Crippen LogP contribution is 2.54. The summed E-state index contributed by atoms with van der Waals surface area (Å²) >= 11 is 0.792. The van der Waals surface area contributed by atoms with Gasteiger partial charge in [0.1, 0.15) is 5.52 Å². The van der Waals surface area contributed by atoms with Crippen molar-refractivity contribution in [2.75, 3.05) is 14.5 Å². The molecule has 0 fully saturated rings. The van der Waals surface area contributed by atoms with Crippen LogP contribution >= 0.6 is 0 Å². The molecule has 0 saturated carbocycles. The zero-order valence-electron chi connectivity index (χ0n) is 39.0. The van der Waals surface area contributed by atoms with Crippen molar-refractivity contribution in [3.63, 3.8) is 0 Å². The lowest BCUT2D eigenvalue weighted by Crippen LogP contribution is -2.13. The number of hydrogen-bond acceptors (Lipinski definition) is 5. The van der Waals surface area contributed by atoms with E-state index in [0.29, 0.717) is 0 Å². The standard InChI is InChI=1S/C57H61N7S/c1-9-11-18-43(10-2)64-55-51(40-25-33-47(34-26-40)63(45-21-16-13-17-22-45)49-37-29-42(30-38-49)57(6,7)8)53-52(59-65-60-53)50(54(55)58-61-64)39-23-31-46(32-24-39)62(44-19-14-12-15-20-44)48-35-27-41(28-36-48)56(3,4)5/h12-17,19-38,43,60,65H,9-11,18H2,1-8H3. The molecule has 1 aromatic heterocycles. The number of hydrogen-bond donors (Lipinski definition) is 1. The molecule has 8 aromatic rings. The predicted molar refractivity (Wildman–Crippen MR) is 279 cm³/mol. The topological polar surface area (TPSA) is 63.3 Å². The van der Waals surface area contributed by atoms with E-state index in [1.54, 1.807) is 0 Å². The Bertz CT molecular complexity index is 2860.